The van der Waals surface area contributed by atoms with Gasteiger partial charge in [-0.1, -0.05) is 30.3 Å². The number of amides is 1. The second-order valence-electron chi connectivity index (χ2n) is 7.36. The maximum absolute atomic E-state index is 13.7. The first-order chi connectivity index (χ1) is 15.1. The van der Waals surface area contributed by atoms with Crippen molar-refractivity contribution in [2.45, 2.75) is 32.2 Å². The number of methoxy groups -OCH3 is 3. The fourth-order valence-electron chi connectivity index (χ4n) is 3.81. The highest BCUT2D eigenvalue weighted by Crippen LogP contribution is 2.39. The molecule has 0 unspecified atom stereocenters. The third-order valence-electron chi connectivity index (χ3n) is 5.41. The van der Waals surface area contributed by atoms with Gasteiger partial charge in [0.15, 0.2) is 16.6 Å². The number of rotatable bonds is 7. The van der Waals surface area contributed by atoms with Crippen molar-refractivity contribution in [3.8, 4) is 17.2 Å². The molecule has 0 aliphatic heterocycles. The van der Waals surface area contributed by atoms with E-state index in [9.17, 15) is 4.79 Å². The summed E-state index contributed by atoms with van der Waals surface area (Å²) in [5, 5.41) is 0.731. The number of hydrogen-bond acceptors (Lipinski definition) is 6. The summed E-state index contributed by atoms with van der Waals surface area (Å²) in [6, 6.07) is 13.3. The van der Waals surface area contributed by atoms with Crippen LogP contribution in [-0.4, -0.2) is 32.2 Å². The number of aryl methyl sites for hydroxylation is 2. The van der Waals surface area contributed by atoms with Crippen molar-refractivity contribution in [2.24, 2.45) is 0 Å². The van der Waals surface area contributed by atoms with E-state index in [1.54, 1.807) is 49.7 Å². The van der Waals surface area contributed by atoms with Gasteiger partial charge in [0.1, 0.15) is 0 Å². The van der Waals surface area contributed by atoms with Crippen LogP contribution in [0.2, 0.25) is 0 Å². The van der Waals surface area contributed by atoms with Crippen LogP contribution in [0, 0.1) is 0 Å². The van der Waals surface area contributed by atoms with Crippen LogP contribution in [0.15, 0.2) is 42.5 Å². The molecule has 6 nitrogen and oxygen atoms in total. The average Bonchev–Trinajstić information content (AvgIpc) is 3.25. The summed E-state index contributed by atoms with van der Waals surface area (Å²) in [5.41, 5.74) is 2.62. The summed E-state index contributed by atoms with van der Waals surface area (Å²) >= 11 is 1.62. The average molecular weight is 439 g/mol. The van der Waals surface area contributed by atoms with Gasteiger partial charge in [0, 0.05) is 10.4 Å². The molecular weight excluding hydrogens is 412 g/mol. The quantitative estimate of drug-likeness (QED) is 0.525. The monoisotopic (exact) mass is 438 g/mol. The molecule has 1 aliphatic rings. The number of hydrogen-bond donors (Lipinski definition) is 0. The fourth-order valence-corrected chi connectivity index (χ4v) is 4.95. The Morgan fingerprint density at radius 1 is 1.00 bits per heavy atom. The van der Waals surface area contributed by atoms with Crippen molar-refractivity contribution in [3.63, 3.8) is 0 Å². The van der Waals surface area contributed by atoms with Crippen LogP contribution in [0.3, 0.4) is 0 Å². The van der Waals surface area contributed by atoms with E-state index >= 15 is 0 Å². The highest BCUT2D eigenvalue weighted by Gasteiger charge is 2.26. The number of ether oxygens (including phenoxy) is 3. The van der Waals surface area contributed by atoms with Crippen LogP contribution >= 0.6 is 11.3 Å². The highest BCUT2D eigenvalue weighted by molar-refractivity contribution is 7.16. The molecule has 0 N–H and O–H groups in total. The zero-order chi connectivity index (χ0) is 21.8. The molecule has 4 rings (SSSR count). The lowest BCUT2D eigenvalue weighted by atomic mass is 10.0. The van der Waals surface area contributed by atoms with Gasteiger partial charge in [0.2, 0.25) is 5.75 Å². The molecule has 1 aliphatic carbocycles. The number of nitrogens with zero attached hydrogens (tertiary/aromatic N) is 2. The Labute approximate surface area is 186 Å². The van der Waals surface area contributed by atoms with Crippen molar-refractivity contribution in [2.75, 3.05) is 26.2 Å². The van der Waals surface area contributed by atoms with Crippen LogP contribution in [0.5, 0.6) is 17.2 Å². The Hall–Kier alpha value is -3.06. The minimum absolute atomic E-state index is 0.158. The zero-order valence-electron chi connectivity index (χ0n) is 18.0. The van der Waals surface area contributed by atoms with Crippen molar-refractivity contribution >= 4 is 22.4 Å². The standard InChI is InChI=1S/C24H26N2O4S/c1-28-19-13-17(14-20(29-2)22(19)30-3)23(27)26(15-16-9-5-4-6-10-16)24-25-18-11-7-8-12-21(18)31-24/h4-6,9-10,13-14H,7-8,11-12,15H2,1-3H3. The lowest BCUT2D eigenvalue weighted by Crippen LogP contribution is -2.30. The van der Waals surface area contributed by atoms with Crippen LogP contribution in [0.4, 0.5) is 5.13 Å². The zero-order valence-corrected chi connectivity index (χ0v) is 18.8. The molecule has 0 spiro atoms. The first-order valence-electron chi connectivity index (χ1n) is 10.3. The van der Waals surface area contributed by atoms with Gasteiger partial charge < -0.3 is 14.2 Å². The Kier molecular flexibility index (Phi) is 6.42. The van der Waals surface area contributed by atoms with Crippen LogP contribution in [0.25, 0.3) is 0 Å². The molecule has 0 saturated carbocycles. The first-order valence-corrected chi connectivity index (χ1v) is 11.1. The molecule has 0 fully saturated rings. The van der Waals surface area contributed by atoms with Gasteiger partial charge in [-0.05, 0) is 43.4 Å². The van der Waals surface area contributed by atoms with Crippen LogP contribution < -0.4 is 19.1 Å². The van der Waals surface area contributed by atoms with E-state index in [4.69, 9.17) is 19.2 Å². The minimum atomic E-state index is -0.158. The molecule has 7 heteroatoms. The number of anilines is 1. The van der Waals surface area contributed by atoms with Gasteiger partial charge in [0.05, 0.1) is 33.6 Å². The maximum atomic E-state index is 13.7. The predicted molar refractivity (Wildman–Crippen MR) is 122 cm³/mol. The third kappa shape index (κ3) is 4.37. The summed E-state index contributed by atoms with van der Waals surface area (Å²) in [7, 11) is 4.63. The van der Waals surface area contributed by atoms with Gasteiger partial charge in [-0.3, -0.25) is 9.69 Å². The summed E-state index contributed by atoms with van der Waals surface area (Å²) < 4.78 is 16.3. The lowest BCUT2D eigenvalue weighted by molar-refractivity contribution is 0.0984. The molecule has 2 aromatic carbocycles. The van der Waals surface area contributed by atoms with E-state index in [0.29, 0.717) is 29.4 Å². The molecule has 0 atom stereocenters. The number of carbonyl (C=O) groups is 1. The second-order valence-corrected chi connectivity index (χ2v) is 8.43. The predicted octanol–water partition coefficient (Wildman–Crippen LogP) is 4.89. The topological polar surface area (TPSA) is 60.9 Å². The molecule has 162 valence electrons. The summed E-state index contributed by atoms with van der Waals surface area (Å²) in [6.07, 6.45) is 4.33. The lowest BCUT2D eigenvalue weighted by Gasteiger charge is -2.21. The number of thiazole rings is 1. The summed E-state index contributed by atoms with van der Waals surface area (Å²) in [4.78, 5) is 21.6. The van der Waals surface area contributed by atoms with Gasteiger partial charge in [-0.15, -0.1) is 11.3 Å². The normalized spacial score (nSPS) is 12.7. The van der Waals surface area contributed by atoms with Crippen LogP contribution in [0.1, 0.15) is 39.3 Å². The number of carbonyl (C=O) groups excluding carboxylic acids is 1. The van der Waals surface area contributed by atoms with Gasteiger partial charge in [-0.2, -0.15) is 0 Å². The van der Waals surface area contributed by atoms with E-state index in [-0.39, 0.29) is 5.91 Å². The molecule has 1 aromatic heterocycles. The Balaban J connectivity index is 1.76. The number of aromatic nitrogens is 1. The molecule has 3 aromatic rings. The third-order valence-corrected chi connectivity index (χ3v) is 6.59. The molecule has 0 radical (unpaired) electrons. The molecule has 1 amide bonds. The molecule has 0 saturated heterocycles. The fraction of sp³-hybridized carbons (Fsp3) is 0.333. The van der Waals surface area contributed by atoms with Crippen molar-refractivity contribution in [1.82, 2.24) is 4.98 Å². The van der Waals surface area contributed by atoms with Gasteiger partial charge >= 0.3 is 0 Å². The molecule has 31 heavy (non-hydrogen) atoms. The number of fused-ring (bicyclic) bond motifs is 1. The Morgan fingerprint density at radius 2 is 1.68 bits per heavy atom. The Bertz CT molecular complexity index is 1020. The van der Waals surface area contributed by atoms with E-state index in [0.717, 1.165) is 35.7 Å². The molecule has 1 heterocycles. The smallest absolute Gasteiger partial charge is 0.260 e. The van der Waals surface area contributed by atoms with E-state index in [2.05, 4.69) is 0 Å². The van der Waals surface area contributed by atoms with E-state index < -0.39 is 0 Å². The maximum Gasteiger partial charge on any atom is 0.260 e. The van der Waals surface area contributed by atoms with E-state index in [1.165, 1.54) is 11.3 Å². The van der Waals surface area contributed by atoms with Gasteiger partial charge in [0.25, 0.3) is 5.91 Å². The first kappa shape index (κ1) is 21.2. The SMILES string of the molecule is COc1cc(C(=O)N(Cc2ccccc2)c2nc3c(s2)CCCC3)cc(OC)c1OC. The number of benzene rings is 2. The van der Waals surface area contributed by atoms with Crippen molar-refractivity contribution in [3.05, 3.63) is 64.2 Å². The largest absolute Gasteiger partial charge is 0.493 e. The molecule has 0 bridgehead atoms. The Morgan fingerprint density at radius 3 is 2.29 bits per heavy atom. The summed E-state index contributed by atoms with van der Waals surface area (Å²) in [5.74, 6) is 1.20. The van der Waals surface area contributed by atoms with Crippen molar-refractivity contribution in [1.29, 1.82) is 0 Å². The van der Waals surface area contributed by atoms with E-state index in [1.807, 2.05) is 30.3 Å². The summed E-state index contributed by atoms with van der Waals surface area (Å²) in [6.45, 7) is 0.433. The second kappa shape index (κ2) is 9.39. The van der Waals surface area contributed by atoms with Crippen molar-refractivity contribution < 1.29 is 19.0 Å². The minimum Gasteiger partial charge on any atom is -0.493 e. The molecular formula is C24H26N2O4S. The van der Waals surface area contributed by atoms with Gasteiger partial charge in [-0.25, -0.2) is 4.98 Å². The van der Waals surface area contributed by atoms with Crippen LogP contribution in [-0.2, 0) is 19.4 Å². The highest BCUT2D eigenvalue weighted by atomic mass is 32.1.